The summed E-state index contributed by atoms with van der Waals surface area (Å²) in [6, 6.07) is 1.26. The van der Waals surface area contributed by atoms with Gasteiger partial charge in [0.25, 0.3) is 0 Å². The van der Waals surface area contributed by atoms with Crippen LogP contribution in [0.4, 0.5) is 5.82 Å². The maximum Gasteiger partial charge on any atom is 0.242 e. The molecule has 0 aromatic carbocycles. The van der Waals surface area contributed by atoms with Gasteiger partial charge in [-0.1, -0.05) is 5.16 Å². The Bertz CT molecular complexity index is 470. The van der Waals surface area contributed by atoms with Gasteiger partial charge in [-0.3, -0.25) is 14.5 Å². The summed E-state index contributed by atoms with van der Waals surface area (Å²) in [7, 11) is 1.72. The molecule has 0 saturated heterocycles. The lowest BCUT2D eigenvalue weighted by Crippen LogP contribution is -2.46. The van der Waals surface area contributed by atoms with E-state index >= 15 is 0 Å². The van der Waals surface area contributed by atoms with Crippen LogP contribution < -0.4 is 10.6 Å². The van der Waals surface area contributed by atoms with Crippen molar-refractivity contribution in [3.8, 4) is 0 Å². The molecule has 0 bridgehead atoms. The first-order valence-electron chi connectivity index (χ1n) is 6.53. The lowest BCUT2D eigenvalue weighted by atomic mass is 10.2. The summed E-state index contributed by atoms with van der Waals surface area (Å²) in [5, 5.41) is 9.11. The number of aryl methyl sites for hydroxylation is 1. The van der Waals surface area contributed by atoms with Crippen molar-refractivity contribution in [3.05, 3.63) is 11.8 Å². The molecule has 2 amide bonds. The Morgan fingerprint density at radius 2 is 2.05 bits per heavy atom. The molecular weight excluding hydrogens is 260 g/mol. The monoisotopic (exact) mass is 282 g/mol. The predicted molar refractivity (Wildman–Crippen MR) is 75.2 cm³/mol. The molecule has 1 heterocycles. The number of hydrogen-bond acceptors (Lipinski definition) is 5. The van der Waals surface area contributed by atoms with E-state index in [9.17, 15) is 9.59 Å². The third-order valence-corrected chi connectivity index (χ3v) is 2.76. The molecule has 1 aromatic heterocycles. The highest BCUT2D eigenvalue weighted by Gasteiger charge is 2.21. The van der Waals surface area contributed by atoms with Crippen molar-refractivity contribution in [1.29, 1.82) is 0 Å². The van der Waals surface area contributed by atoms with Crippen LogP contribution >= 0.6 is 0 Å². The first-order valence-corrected chi connectivity index (χ1v) is 6.53. The van der Waals surface area contributed by atoms with Crippen molar-refractivity contribution in [3.63, 3.8) is 0 Å². The van der Waals surface area contributed by atoms with Crippen LogP contribution in [0.2, 0.25) is 0 Å². The van der Waals surface area contributed by atoms with Crippen LogP contribution in [0, 0.1) is 6.92 Å². The van der Waals surface area contributed by atoms with Crippen molar-refractivity contribution in [2.24, 2.45) is 0 Å². The number of aromatic nitrogens is 1. The fourth-order valence-electron chi connectivity index (χ4n) is 1.59. The van der Waals surface area contributed by atoms with Crippen LogP contribution in [0.25, 0.3) is 0 Å². The average Bonchev–Trinajstić information content (AvgIpc) is 2.72. The van der Waals surface area contributed by atoms with E-state index in [1.54, 1.807) is 31.9 Å². The van der Waals surface area contributed by atoms with Crippen LogP contribution in [0.5, 0.6) is 0 Å². The zero-order chi connectivity index (χ0) is 15.3. The summed E-state index contributed by atoms with van der Waals surface area (Å²) in [5.41, 5.74) is 0. The Kier molecular flexibility index (Phi) is 5.69. The molecule has 0 fully saturated rings. The second-order valence-electron chi connectivity index (χ2n) is 5.13. The number of carbonyl (C=O) groups is 2. The minimum absolute atomic E-state index is 0.0816. The van der Waals surface area contributed by atoms with E-state index in [1.807, 2.05) is 13.8 Å². The fourth-order valence-corrected chi connectivity index (χ4v) is 1.59. The highest BCUT2D eigenvalue weighted by atomic mass is 16.5. The Morgan fingerprint density at radius 3 is 2.55 bits per heavy atom. The van der Waals surface area contributed by atoms with Crippen molar-refractivity contribution in [1.82, 2.24) is 15.4 Å². The van der Waals surface area contributed by atoms with Crippen LogP contribution in [-0.4, -0.2) is 47.5 Å². The summed E-state index contributed by atoms with van der Waals surface area (Å²) in [4.78, 5) is 25.3. The molecule has 1 rings (SSSR count). The number of nitrogens with one attached hydrogen (secondary N) is 2. The first kappa shape index (κ1) is 16.2. The molecule has 0 aliphatic rings. The number of rotatable bonds is 6. The molecular formula is C13H22N4O3. The Balaban J connectivity index is 2.49. The molecule has 0 saturated carbocycles. The van der Waals surface area contributed by atoms with E-state index < -0.39 is 6.04 Å². The number of amides is 2. The summed E-state index contributed by atoms with van der Waals surface area (Å²) in [5.74, 6) is 0.648. The van der Waals surface area contributed by atoms with Gasteiger partial charge in [-0.05, 0) is 34.7 Å². The molecule has 20 heavy (non-hydrogen) atoms. The fraction of sp³-hybridized carbons (Fsp3) is 0.615. The molecule has 0 aliphatic heterocycles. The van der Waals surface area contributed by atoms with Gasteiger partial charge in [-0.15, -0.1) is 0 Å². The van der Waals surface area contributed by atoms with Crippen LogP contribution in [0.1, 0.15) is 26.5 Å². The highest BCUT2D eigenvalue weighted by molar-refractivity contribution is 5.94. The van der Waals surface area contributed by atoms with E-state index in [1.165, 1.54) is 0 Å². The molecule has 7 heteroatoms. The van der Waals surface area contributed by atoms with E-state index in [4.69, 9.17) is 4.52 Å². The molecule has 112 valence electrons. The quantitative estimate of drug-likeness (QED) is 0.804. The Morgan fingerprint density at radius 1 is 1.40 bits per heavy atom. The Hall–Kier alpha value is -1.89. The molecule has 0 aliphatic carbocycles. The van der Waals surface area contributed by atoms with Crippen molar-refractivity contribution in [2.45, 2.75) is 39.8 Å². The third-order valence-electron chi connectivity index (χ3n) is 2.76. The summed E-state index contributed by atoms with van der Waals surface area (Å²) in [6.45, 7) is 7.41. The minimum Gasteiger partial charge on any atom is -0.360 e. The van der Waals surface area contributed by atoms with Gasteiger partial charge in [0, 0.05) is 12.1 Å². The number of anilines is 1. The second kappa shape index (κ2) is 7.04. The average molecular weight is 282 g/mol. The maximum atomic E-state index is 12.0. The zero-order valence-corrected chi connectivity index (χ0v) is 12.6. The van der Waals surface area contributed by atoms with Crippen LogP contribution in [0.3, 0.4) is 0 Å². The van der Waals surface area contributed by atoms with Crippen molar-refractivity contribution in [2.75, 3.05) is 18.9 Å². The summed E-state index contributed by atoms with van der Waals surface area (Å²) >= 11 is 0. The van der Waals surface area contributed by atoms with Gasteiger partial charge in [-0.2, -0.15) is 0 Å². The maximum absolute atomic E-state index is 12.0. The molecule has 1 unspecified atom stereocenters. The molecule has 1 atom stereocenters. The number of likely N-dealkylation sites (N-methyl/N-ethyl adjacent to an activating group) is 1. The van der Waals surface area contributed by atoms with Crippen molar-refractivity contribution >= 4 is 17.6 Å². The molecule has 0 radical (unpaired) electrons. The van der Waals surface area contributed by atoms with Gasteiger partial charge in [0.05, 0.1) is 12.6 Å². The molecule has 0 spiro atoms. The third kappa shape index (κ3) is 5.00. The Labute approximate surface area is 118 Å². The summed E-state index contributed by atoms with van der Waals surface area (Å²) < 4.78 is 4.87. The minimum atomic E-state index is -0.454. The first-order chi connectivity index (χ1) is 9.29. The normalized spacial score (nSPS) is 12.6. The second-order valence-corrected chi connectivity index (χ2v) is 5.13. The smallest absolute Gasteiger partial charge is 0.242 e. The van der Waals surface area contributed by atoms with E-state index in [2.05, 4.69) is 15.8 Å². The van der Waals surface area contributed by atoms with Gasteiger partial charge in [0.1, 0.15) is 5.76 Å². The topological polar surface area (TPSA) is 87.5 Å². The lowest BCUT2D eigenvalue weighted by Gasteiger charge is -2.23. The van der Waals surface area contributed by atoms with Gasteiger partial charge in [-0.25, -0.2) is 0 Å². The van der Waals surface area contributed by atoms with Gasteiger partial charge in [0.15, 0.2) is 5.82 Å². The highest BCUT2D eigenvalue weighted by Crippen LogP contribution is 2.08. The van der Waals surface area contributed by atoms with Gasteiger partial charge >= 0.3 is 0 Å². The number of nitrogens with zero attached hydrogens (tertiary/aromatic N) is 2. The van der Waals surface area contributed by atoms with E-state index in [-0.39, 0.29) is 24.4 Å². The predicted octanol–water partition coefficient (Wildman–Crippen LogP) is 0.766. The molecule has 2 N–H and O–H groups in total. The van der Waals surface area contributed by atoms with E-state index in [0.717, 1.165) is 0 Å². The van der Waals surface area contributed by atoms with Crippen LogP contribution in [0.15, 0.2) is 10.6 Å². The number of hydrogen-bond donors (Lipinski definition) is 2. The molecule has 7 nitrogen and oxygen atoms in total. The zero-order valence-electron chi connectivity index (χ0n) is 12.6. The molecule has 1 aromatic rings. The standard InChI is InChI=1S/C13H22N4O3/c1-8(2)14-12(18)7-17(5)10(4)13(19)15-11-6-9(3)20-16-11/h6,8,10H,7H2,1-5H3,(H,14,18)(H,15,16,19). The lowest BCUT2D eigenvalue weighted by molar-refractivity contribution is -0.125. The van der Waals surface area contributed by atoms with Gasteiger partial charge < -0.3 is 15.2 Å². The van der Waals surface area contributed by atoms with Crippen molar-refractivity contribution < 1.29 is 14.1 Å². The van der Waals surface area contributed by atoms with Crippen LogP contribution in [-0.2, 0) is 9.59 Å². The van der Waals surface area contributed by atoms with Gasteiger partial charge in [0.2, 0.25) is 11.8 Å². The largest absolute Gasteiger partial charge is 0.360 e. The summed E-state index contributed by atoms with van der Waals surface area (Å²) in [6.07, 6.45) is 0. The number of carbonyl (C=O) groups excluding carboxylic acids is 2. The van der Waals surface area contributed by atoms with E-state index in [0.29, 0.717) is 11.6 Å². The SMILES string of the molecule is Cc1cc(NC(=O)C(C)N(C)CC(=O)NC(C)C)no1.